The van der Waals surface area contributed by atoms with Crippen LogP contribution in [0.1, 0.15) is 45.4 Å². The fourth-order valence-corrected chi connectivity index (χ4v) is 2.06. The van der Waals surface area contributed by atoms with Gasteiger partial charge in [0.25, 0.3) is 0 Å². The zero-order valence-electron chi connectivity index (χ0n) is 8.07. The third-order valence-corrected chi connectivity index (χ3v) is 3.16. The third-order valence-electron chi connectivity index (χ3n) is 1.96. The van der Waals surface area contributed by atoms with Gasteiger partial charge in [-0.3, -0.25) is 0 Å². The molecule has 0 aliphatic rings. The first-order chi connectivity index (χ1) is 4.91. The highest BCUT2D eigenvalue weighted by Crippen LogP contribution is 2.06. The molecule has 0 unspecified atom stereocenters. The predicted molar refractivity (Wildman–Crippen MR) is 60.1 cm³/mol. The summed E-state index contributed by atoms with van der Waals surface area (Å²) in [4.78, 5) is 0. The van der Waals surface area contributed by atoms with Crippen molar-refractivity contribution in [3.05, 3.63) is 0 Å². The standard InChI is InChI=1S/C8H17.CH3.BrH.Mg/c1-3-5-7-8-6-4-2;;;/h1,3-8H2,2H3;1H3;1H;. The van der Waals surface area contributed by atoms with E-state index < -0.39 is 0 Å². The Balaban J connectivity index is 0. The van der Waals surface area contributed by atoms with Gasteiger partial charge in [0.2, 0.25) is 0 Å². The maximum atomic E-state index is 2.41. The Hall–Kier alpha value is 1.25. The largest absolute Gasteiger partial charge is 0.360 e. The fourth-order valence-electron chi connectivity index (χ4n) is 1.21. The van der Waals surface area contributed by atoms with Crippen molar-refractivity contribution >= 4 is 37.3 Å². The Bertz CT molecular complexity index is 49.5. The lowest BCUT2D eigenvalue weighted by atomic mass is 10.1. The second kappa shape index (κ2) is 13.8. The fraction of sp³-hybridized carbons (Fsp3) is 1.00. The van der Waals surface area contributed by atoms with Crippen LogP contribution in [0.5, 0.6) is 0 Å². The van der Waals surface area contributed by atoms with Gasteiger partial charge < -0.3 is 0 Å². The van der Waals surface area contributed by atoms with E-state index in [9.17, 15) is 0 Å². The van der Waals surface area contributed by atoms with Crippen LogP contribution < -0.4 is 0 Å². The summed E-state index contributed by atoms with van der Waals surface area (Å²) in [5.41, 5.74) is 0. The molecule has 0 aromatic carbocycles. The first-order valence-corrected chi connectivity index (χ1v) is 7.33. The molecule has 0 aromatic rings. The molecule has 0 amide bonds. The van der Waals surface area contributed by atoms with Crippen molar-refractivity contribution in [3.63, 3.8) is 0 Å². The van der Waals surface area contributed by atoms with Crippen molar-refractivity contribution in [1.29, 1.82) is 0 Å². The Morgan fingerprint density at radius 3 is 2.00 bits per heavy atom. The van der Waals surface area contributed by atoms with E-state index in [4.69, 9.17) is 0 Å². The topological polar surface area (TPSA) is 0 Å². The molecule has 0 N–H and O–H groups in total. The molecule has 0 spiro atoms. The Labute approximate surface area is 92.0 Å². The van der Waals surface area contributed by atoms with Gasteiger partial charge in [-0.2, -0.15) is 5.05 Å². The lowest BCUT2D eigenvalue weighted by Gasteiger charge is -1.97. The minimum absolute atomic E-state index is 0. The molecule has 0 aliphatic heterocycles. The molecule has 66 valence electrons. The summed E-state index contributed by atoms with van der Waals surface area (Å²) < 4.78 is 1.58. The van der Waals surface area contributed by atoms with E-state index in [1.807, 2.05) is 0 Å². The van der Waals surface area contributed by atoms with Gasteiger partial charge in [0, 0.05) is 0 Å². The van der Waals surface area contributed by atoms with Gasteiger partial charge >= 0.3 is 20.4 Å². The average molecular weight is 233 g/mol. The number of unbranched alkanes of at least 4 members (excludes halogenated alkanes) is 5. The second-order valence-corrected chi connectivity index (χ2v) is 4.83. The lowest BCUT2D eigenvalue weighted by Crippen LogP contribution is -1.82. The molecular formula is C9H21BrMg. The van der Waals surface area contributed by atoms with Crippen molar-refractivity contribution in [2.45, 2.75) is 55.1 Å². The molecule has 0 fully saturated rings. The molecular weight excluding hydrogens is 212 g/mol. The number of hydrogen-bond acceptors (Lipinski definition) is 0. The van der Waals surface area contributed by atoms with E-state index >= 15 is 0 Å². The molecule has 0 heterocycles. The van der Waals surface area contributed by atoms with Gasteiger partial charge in [-0.15, -0.1) is 21.5 Å². The molecule has 0 saturated carbocycles. The van der Waals surface area contributed by atoms with Gasteiger partial charge in [0.05, 0.1) is 0 Å². The maximum Gasteiger partial charge on any atom is 0.360 e. The van der Waals surface area contributed by atoms with Gasteiger partial charge in [-0.05, 0) is 0 Å². The summed E-state index contributed by atoms with van der Waals surface area (Å²) in [6.07, 6.45) is 8.81. The van der Waals surface area contributed by atoms with E-state index in [0.29, 0.717) is 20.4 Å². The summed E-state index contributed by atoms with van der Waals surface area (Å²) in [6, 6.07) is 0. The molecule has 0 atom stereocenters. The molecule has 0 radical (unpaired) electrons. The van der Waals surface area contributed by atoms with E-state index in [1.54, 1.807) is 4.55 Å². The molecule has 0 saturated heterocycles. The van der Waals surface area contributed by atoms with E-state index in [1.165, 1.54) is 38.5 Å². The van der Waals surface area contributed by atoms with Crippen LogP contribution in [0.15, 0.2) is 0 Å². The zero-order valence-corrected chi connectivity index (χ0v) is 11.2. The van der Waals surface area contributed by atoms with Crippen LogP contribution in [0.4, 0.5) is 0 Å². The zero-order chi connectivity index (χ0) is 7.66. The van der Waals surface area contributed by atoms with Crippen molar-refractivity contribution in [2.75, 3.05) is 0 Å². The Morgan fingerprint density at radius 2 is 1.45 bits per heavy atom. The highest BCUT2D eigenvalue weighted by molar-refractivity contribution is 8.93. The van der Waals surface area contributed by atoms with Crippen LogP contribution in [-0.2, 0) is 0 Å². The lowest BCUT2D eigenvalue weighted by molar-refractivity contribution is 0.624. The monoisotopic (exact) mass is 232 g/mol. The van der Waals surface area contributed by atoms with Crippen LogP contribution in [-0.4, -0.2) is 20.4 Å². The minimum atomic E-state index is 0. The number of hydrogen-bond donors (Lipinski definition) is 0. The molecule has 0 bridgehead atoms. The quantitative estimate of drug-likeness (QED) is 0.459. The van der Waals surface area contributed by atoms with E-state index in [2.05, 4.69) is 12.0 Å². The summed E-state index contributed by atoms with van der Waals surface area (Å²) in [5.74, 6) is 0. The van der Waals surface area contributed by atoms with Crippen molar-refractivity contribution in [3.8, 4) is 0 Å². The van der Waals surface area contributed by atoms with Gasteiger partial charge in [0.1, 0.15) is 0 Å². The number of halogens is 1. The smallest absolute Gasteiger partial charge is 0.157 e. The summed E-state index contributed by atoms with van der Waals surface area (Å²) in [5, 5.41) is 2.41. The molecule has 0 aliphatic carbocycles. The van der Waals surface area contributed by atoms with Crippen molar-refractivity contribution in [1.82, 2.24) is 0 Å². The first-order valence-electron chi connectivity index (χ1n) is 4.91. The maximum absolute atomic E-state index is 2.41. The Morgan fingerprint density at radius 1 is 0.909 bits per heavy atom. The average Bonchev–Trinajstić information content (AvgIpc) is 1.97. The van der Waals surface area contributed by atoms with Crippen molar-refractivity contribution in [2.24, 2.45) is 0 Å². The van der Waals surface area contributed by atoms with Crippen LogP contribution in [0.2, 0.25) is 9.60 Å². The van der Waals surface area contributed by atoms with Crippen LogP contribution in [0.3, 0.4) is 0 Å². The van der Waals surface area contributed by atoms with Crippen LogP contribution in [0, 0.1) is 0 Å². The predicted octanol–water partition coefficient (Wildman–Crippen LogP) is 4.10. The van der Waals surface area contributed by atoms with Crippen LogP contribution >= 0.6 is 17.0 Å². The van der Waals surface area contributed by atoms with Crippen molar-refractivity contribution < 1.29 is 0 Å². The highest BCUT2D eigenvalue weighted by atomic mass is 79.9. The Kier molecular flexibility index (Phi) is 18.5. The molecule has 0 rings (SSSR count). The molecule has 11 heavy (non-hydrogen) atoms. The second-order valence-electron chi connectivity index (χ2n) is 3.12. The van der Waals surface area contributed by atoms with Gasteiger partial charge in [-0.1, -0.05) is 45.4 Å². The third kappa shape index (κ3) is 14.1. The van der Waals surface area contributed by atoms with Gasteiger partial charge in [-0.25, -0.2) is 0 Å². The minimum Gasteiger partial charge on any atom is -0.157 e. The summed E-state index contributed by atoms with van der Waals surface area (Å²) >= 11 is 0.375. The first kappa shape index (κ1) is 14.8. The normalized spacial score (nSPS) is 8.55. The SMILES string of the molecule is Br.CCCCCCC[CH2][Mg][CH3]. The molecule has 0 aromatic heterocycles. The molecule has 2 heteroatoms. The molecule has 0 nitrogen and oxygen atoms in total. The van der Waals surface area contributed by atoms with Crippen LogP contribution in [0.25, 0.3) is 0 Å². The van der Waals surface area contributed by atoms with Gasteiger partial charge in [0.15, 0.2) is 0 Å². The summed E-state index contributed by atoms with van der Waals surface area (Å²) in [7, 11) is 0. The van der Waals surface area contributed by atoms with E-state index in [-0.39, 0.29) is 17.0 Å². The van der Waals surface area contributed by atoms with E-state index in [0.717, 1.165) is 0 Å². The summed E-state index contributed by atoms with van der Waals surface area (Å²) in [6.45, 7) is 2.28. The number of rotatable bonds is 7. The highest BCUT2D eigenvalue weighted by Gasteiger charge is 1.89.